The normalized spacial score (nSPS) is 12.3. The number of carboxylic acid groups (broad SMARTS) is 1. The van der Waals surface area contributed by atoms with Gasteiger partial charge in [-0.1, -0.05) is 37.3 Å². The van der Waals surface area contributed by atoms with E-state index < -0.39 is 5.97 Å². The summed E-state index contributed by atoms with van der Waals surface area (Å²) in [6.07, 6.45) is 2.82. The standard InChI is InChI=1S/C15H16INO2/c1-11(12-5-3-2-4-6-12)7-8-17-10-13(16)9-14(17)15(18)19/h2-6,9-11H,7-8H2,1H3,(H,18,19). The number of aromatic nitrogens is 1. The molecular weight excluding hydrogens is 353 g/mol. The van der Waals surface area contributed by atoms with Crippen LogP contribution in [-0.4, -0.2) is 15.6 Å². The lowest BCUT2D eigenvalue weighted by Crippen LogP contribution is -2.09. The van der Waals surface area contributed by atoms with Crippen LogP contribution in [0.5, 0.6) is 0 Å². The van der Waals surface area contributed by atoms with Crippen molar-refractivity contribution in [1.29, 1.82) is 0 Å². The first-order chi connectivity index (χ1) is 9.08. The highest BCUT2D eigenvalue weighted by Gasteiger charge is 2.12. The third kappa shape index (κ3) is 3.59. The van der Waals surface area contributed by atoms with Crippen molar-refractivity contribution < 1.29 is 9.90 Å². The first-order valence-corrected chi connectivity index (χ1v) is 7.29. The van der Waals surface area contributed by atoms with Crippen molar-refractivity contribution in [3.63, 3.8) is 0 Å². The van der Waals surface area contributed by atoms with Crippen LogP contribution in [0.15, 0.2) is 42.6 Å². The Morgan fingerprint density at radius 2 is 2.05 bits per heavy atom. The van der Waals surface area contributed by atoms with Gasteiger partial charge < -0.3 is 9.67 Å². The van der Waals surface area contributed by atoms with E-state index in [9.17, 15) is 4.79 Å². The number of halogens is 1. The lowest BCUT2D eigenvalue weighted by molar-refractivity contribution is 0.0685. The fraction of sp³-hybridized carbons (Fsp3) is 0.267. The first kappa shape index (κ1) is 14.1. The van der Waals surface area contributed by atoms with E-state index in [0.717, 1.165) is 16.5 Å². The zero-order chi connectivity index (χ0) is 13.8. The lowest BCUT2D eigenvalue weighted by atomic mass is 9.98. The molecule has 2 rings (SSSR count). The summed E-state index contributed by atoms with van der Waals surface area (Å²) in [6.45, 7) is 2.89. The molecule has 3 nitrogen and oxygen atoms in total. The third-order valence-electron chi connectivity index (χ3n) is 3.25. The van der Waals surface area contributed by atoms with Gasteiger partial charge in [0.15, 0.2) is 0 Å². The number of nitrogens with zero attached hydrogens (tertiary/aromatic N) is 1. The van der Waals surface area contributed by atoms with Gasteiger partial charge in [0.25, 0.3) is 0 Å². The van der Waals surface area contributed by atoms with Gasteiger partial charge in [0.1, 0.15) is 5.69 Å². The minimum Gasteiger partial charge on any atom is -0.477 e. The molecule has 0 aliphatic carbocycles. The molecule has 0 saturated heterocycles. The Kier molecular flexibility index (Phi) is 4.63. The van der Waals surface area contributed by atoms with Crippen molar-refractivity contribution >= 4 is 28.6 Å². The number of aryl methyl sites for hydroxylation is 1. The molecule has 19 heavy (non-hydrogen) atoms. The number of rotatable bonds is 5. The van der Waals surface area contributed by atoms with Gasteiger partial charge in [-0.05, 0) is 46.6 Å². The summed E-state index contributed by atoms with van der Waals surface area (Å²) in [4.78, 5) is 11.1. The Labute approximate surface area is 126 Å². The molecule has 1 N–H and O–H groups in total. The predicted octanol–water partition coefficient (Wildman–Crippen LogP) is 3.98. The Morgan fingerprint density at radius 3 is 2.68 bits per heavy atom. The van der Waals surface area contributed by atoms with E-state index in [-0.39, 0.29) is 0 Å². The third-order valence-corrected chi connectivity index (χ3v) is 3.84. The molecule has 0 spiro atoms. The van der Waals surface area contributed by atoms with Crippen molar-refractivity contribution in [3.8, 4) is 0 Å². The SMILES string of the molecule is CC(CCn1cc(I)cc1C(=O)O)c1ccccc1. The maximum Gasteiger partial charge on any atom is 0.352 e. The Hall–Kier alpha value is -1.30. The second-order valence-corrected chi connectivity index (χ2v) is 5.89. The molecule has 0 radical (unpaired) electrons. The molecule has 0 fully saturated rings. The quantitative estimate of drug-likeness (QED) is 0.810. The molecule has 1 aromatic carbocycles. The molecule has 1 atom stereocenters. The number of carboxylic acids is 1. The van der Waals surface area contributed by atoms with Crippen molar-refractivity contribution in [2.75, 3.05) is 0 Å². The summed E-state index contributed by atoms with van der Waals surface area (Å²) in [5, 5.41) is 9.14. The molecule has 0 bridgehead atoms. The molecule has 1 heterocycles. The second kappa shape index (κ2) is 6.23. The molecule has 2 aromatic rings. The zero-order valence-electron chi connectivity index (χ0n) is 10.7. The van der Waals surface area contributed by atoms with Crippen LogP contribution in [0.2, 0.25) is 0 Å². The van der Waals surface area contributed by atoms with Gasteiger partial charge in [-0.3, -0.25) is 0 Å². The van der Waals surface area contributed by atoms with Gasteiger partial charge in [-0.25, -0.2) is 4.79 Å². The van der Waals surface area contributed by atoms with Crippen LogP contribution in [-0.2, 0) is 6.54 Å². The van der Waals surface area contributed by atoms with Gasteiger partial charge in [-0.2, -0.15) is 0 Å². The van der Waals surface area contributed by atoms with Gasteiger partial charge >= 0.3 is 5.97 Å². The molecule has 0 amide bonds. The minimum absolute atomic E-state index is 0.365. The second-order valence-electron chi connectivity index (χ2n) is 4.64. The summed E-state index contributed by atoms with van der Waals surface area (Å²) in [7, 11) is 0. The Balaban J connectivity index is 2.05. The summed E-state index contributed by atoms with van der Waals surface area (Å²) in [5.74, 6) is -0.446. The topological polar surface area (TPSA) is 42.2 Å². The Morgan fingerprint density at radius 1 is 1.37 bits per heavy atom. The smallest absolute Gasteiger partial charge is 0.352 e. The highest BCUT2D eigenvalue weighted by molar-refractivity contribution is 14.1. The first-order valence-electron chi connectivity index (χ1n) is 6.22. The number of hydrogen-bond acceptors (Lipinski definition) is 1. The van der Waals surface area contributed by atoms with Crippen LogP contribution < -0.4 is 0 Å². The van der Waals surface area contributed by atoms with Crippen molar-refractivity contribution in [3.05, 3.63) is 57.4 Å². The minimum atomic E-state index is -0.865. The summed E-state index contributed by atoms with van der Waals surface area (Å²) in [6, 6.07) is 12.0. The van der Waals surface area contributed by atoms with Gasteiger partial charge in [0.2, 0.25) is 0 Å². The van der Waals surface area contributed by atoms with Gasteiger partial charge in [-0.15, -0.1) is 0 Å². The summed E-state index contributed by atoms with van der Waals surface area (Å²) < 4.78 is 2.78. The van der Waals surface area contributed by atoms with E-state index >= 15 is 0 Å². The fourth-order valence-corrected chi connectivity index (χ4v) is 2.75. The van der Waals surface area contributed by atoms with Gasteiger partial charge in [0, 0.05) is 16.3 Å². The molecule has 100 valence electrons. The molecule has 4 heteroatoms. The molecule has 0 aliphatic rings. The van der Waals surface area contributed by atoms with E-state index in [2.05, 4.69) is 41.6 Å². The fourth-order valence-electron chi connectivity index (χ4n) is 2.12. The molecule has 0 saturated carbocycles. The van der Waals surface area contributed by atoms with Crippen LogP contribution in [0.25, 0.3) is 0 Å². The molecule has 0 aliphatic heterocycles. The number of aromatic carboxylic acids is 1. The highest BCUT2D eigenvalue weighted by Crippen LogP contribution is 2.20. The number of carbonyl (C=O) groups is 1. The average molecular weight is 369 g/mol. The van der Waals surface area contributed by atoms with Crippen LogP contribution >= 0.6 is 22.6 Å². The largest absolute Gasteiger partial charge is 0.477 e. The maximum absolute atomic E-state index is 11.1. The van der Waals surface area contributed by atoms with E-state index in [0.29, 0.717) is 11.6 Å². The van der Waals surface area contributed by atoms with Crippen molar-refractivity contribution in [2.45, 2.75) is 25.8 Å². The van der Waals surface area contributed by atoms with Crippen LogP contribution in [0.1, 0.15) is 35.3 Å². The predicted molar refractivity (Wildman–Crippen MR) is 83.6 cm³/mol. The van der Waals surface area contributed by atoms with Crippen molar-refractivity contribution in [2.24, 2.45) is 0 Å². The summed E-state index contributed by atoms with van der Waals surface area (Å²) in [5.41, 5.74) is 1.66. The molecule has 1 unspecified atom stereocenters. The van der Waals surface area contributed by atoms with E-state index in [1.54, 1.807) is 6.07 Å². The van der Waals surface area contributed by atoms with Gasteiger partial charge in [0.05, 0.1) is 0 Å². The average Bonchev–Trinajstić information content (AvgIpc) is 2.78. The van der Waals surface area contributed by atoms with E-state index in [4.69, 9.17) is 5.11 Å². The number of hydrogen-bond donors (Lipinski definition) is 1. The maximum atomic E-state index is 11.1. The Bertz CT molecular complexity index is 563. The lowest BCUT2D eigenvalue weighted by Gasteiger charge is -2.13. The van der Waals surface area contributed by atoms with Crippen LogP contribution in [0.3, 0.4) is 0 Å². The van der Waals surface area contributed by atoms with E-state index in [1.165, 1.54) is 5.56 Å². The number of benzene rings is 1. The van der Waals surface area contributed by atoms with E-state index in [1.807, 2.05) is 29.0 Å². The zero-order valence-corrected chi connectivity index (χ0v) is 12.9. The van der Waals surface area contributed by atoms with Crippen LogP contribution in [0, 0.1) is 3.57 Å². The monoisotopic (exact) mass is 369 g/mol. The molecule has 1 aromatic heterocycles. The molecular formula is C15H16INO2. The van der Waals surface area contributed by atoms with Crippen molar-refractivity contribution in [1.82, 2.24) is 4.57 Å². The highest BCUT2D eigenvalue weighted by atomic mass is 127. The summed E-state index contributed by atoms with van der Waals surface area (Å²) >= 11 is 2.14. The van der Waals surface area contributed by atoms with Crippen LogP contribution in [0.4, 0.5) is 0 Å².